The lowest BCUT2D eigenvalue weighted by atomic mass is 10.1. The van der Waals surface area contributed by atoms with Gasteiger partial charge < -0.3 is 9.57 Å². The molecular weight excluding hydrogens is 261 g/mol. The van der Waals surface area contributed by atoms with E-state index in [1.54, 1.807) is 0 Å². The van der Waals surface area contributed by atoms with Crippen LogP contribution >= 0.6 is 0 Å². The van der Waals surface area contributed by atoms with E-state index in [-0.39, 0.29) is 17.1 Å². The molecule has 1 aliphatic carbocycles. The number of hydrogen-bond donors (Lipinski definition) is 0. The van der Waals surface area contributed by atoms with Crippen LogP contribution in [0, 0.1) is 5.82 Å². The molecule has 4 nitrogen and oxygen atoms in total. The fourth-order valence-corrected chi connectivity index (χ4v) is 2.28. The van der Waals surface area contributed by atoms with Crippen LogP contribution in [0.25, 0.3) is 0 Å². The minimum atomic E-state index is -0.599. The smallest absolute Gasteiger partial charge is 0.360 e. The number of carbonyl (C=O) groups is 1. The first-order chi connectivity index (χ1) is 9.54. The first-order valence-electron chi connectivity index (χ1n) is 6.64. The monoisotopic (exact) mass is 279 g/mol. The van der Waals surface area contributed by atoms with E-state index in [1.165, 1.54) is 31.4 Å². The summed E-state index contributed by atoms with van der Waals surface area (Å²) in [5.41, 5.74) is 0.194. The van der Waals surface area contributed by atoms with Gasteiger partial charge in [0.25, 0.3) is 0 Å². The van der Waals surface area contributed by atoms with Crippen LogP contribution in [-0.2, 0) is 14.4 Å². The second-order valence-corrected chi connectivity index (χ2v) is 5.19. The van der Waals surface area contributed by atoms with Crippen molar-refractivity contribution in [2.75, 3.05) is 7.11 Å². The number of methoxy groups -OCH3 is 1. The highest BCUT2D eigenvalue weighted by Gasteiger charge is 2.31. The van der Waals surface area contributed by atoms with Gasteiger partial charge in [0.15, 0.2) is 5.71 Å². The first kappa shape index (κ1) is 14.5. The van der Waals surface area contributed by atoms with Crippen molar-refractivity contribution in [2.45, 2.75) is 38.2 Å². The van der Waals surface area contributed by atoms with Gasteiger partial charge in [0.05, 0.1) is 7.11 Å². The minimum absolute atomic E-state index is 0.0561. The standard InChI is InChI=1S/C15H18FNO3/c1-15(9-3-4-10-15)20-17-13(14(18)19-2)11-5-7-12(16)8-6-11/h5-8H,3-4,9-10H2,1-2H3/b17-13-. The molecule has 0 N–H and O–H groups in total. The van der Waals surface area contributed by atoms with Crippen molar-refractivity contribution in [1.82, 2.24) is 0 Å². The fourth-order valence-electron chi connectivity index (χ4n) is 2.28. The van der Waals surface area contributed by atoms with E-state index in [0.717, 1.165) is 25.7 Å². The number of hydrogen-bond acceptors (Lipinski definition) is 4. The van der Waals surface area contributed by atoms with Crippen molar-refractivity contribution in [3.63, 3.8) is 0 Å². The molecule has 1 saturated carbocycles. The Labute approximate surface area is 117 Å². The molecule has 1 aromatic carbocycles. The third kappa shape index (κ3) is 3.35. The highest BCUT2D eigenvalue weighted by Crippen LogP contribution is 2.32. The predicted octanol–water partition coefficient (Wildman–Crippen LogP) is 3.05. The summed E-state index contributed by atoms with van der Waals surface area (Å²) in [6.45, 7) is 1.98. The molecule has 0 aromatic heterocycles. The van der Waals surface area contributed by atoms with E-state index >= 15 is 0 Å². The Balaban J connectivity index is 2.23. The van der Waals surface area contributed by atoms with E-state index in [1.807, 2.05) is 6.92 Å². The molecule has 0 radical (unpaired) electrons. The fraction of sp³-hybridized carbons (Fsp3) is 0.467. The summed E-state index contributed by atoms with van der Waals surface area (Å²) in [5, 5.41) is 3.97. The van der Waals surface area contributed by atoms with E-state index in [4.69, 9.17) is 9.57 Å². The zero-order valence-corrected chi connectivity index (χ0v) is 11.7. The van der Waals surface area contributed by atoms with Crippen LogP contribution in [0.4, 0.5) is 4.39 Å². The maximum absolute atomic E-state index is 12.9. The second-order valence-electron chi connectivity index (χ2n) is 5.19. The lowest BCUT2D eigenvalue weighted by Gasteiger charge is -2.21. The molecule has 0 bridgehead atoms. The minimum Gasteiger partial charge on any atom is -0.464 e. The van der Waals surface area contributed by atoms with Gasteiger partial charge in [-0.2, -0.15) is 0 Å². The summed E-state index contributed by atoms with van der Waals surface area (Å²) >= 11 is 0. The van der Waals surface area contributed by atoms with Crippen molar-refractivity contribution in [1.29, 1.82) is 0 Å². The molecule has 1 aliphatic rings. The van der Waals surface area contributed by atoms with Crippen LogP contribution in [0.5, 0.6) is 0 Å². The van der Waals surface area contributed by atoms with Crippen LogP contribution in [0.1, 0.15) is 38.2 Å². The molecule has 20 heavy (non-hydrogen) atoms. The summed E-state index contributed by atoms with van der Waals surface area (Å²) in [4.78, 5) is 17.3. The summed E-state index contributed by atoms with van der Waals surface area (Å²) in [6, 6.07) is 5.49. The highest BCUT2D eigenvalue weighted by atomic mass is 19.1. The number of esters is 1. The largest absolute Gasteiger partial charge is 0.464 e. The van der Waals surface area contributed by atoms with Gasteiger partial charge in [-0.15, -0.1) is 0 Å². The molecule has 0 heterocycles. The molecular formula is C15H18FNO3. The number of nitrogens with zero attached hydrogens (tertiary/aromatic N) is 1. The Morgan fingerprint density at radius 2 is 1.85 bits per heavy atom. The third-order valence-corrected chi connectivity index (χ3v) is 3.51. The van der Waals surface area contributed by atoms with E-state index in [9.17, 15) is 9.18 Å². The number of benzene rings is 1. The van der Waals surface area contributed by atoms with Gasteiger partial charge in [-0.3, -0.25) is 0 Å². The summed E-state index contributed by atoms with van der Waals surface area (Å²) < 4.78 is 17.6. The van der Waals surface area contributed by atoms with Crippen molar-refractivity contribution in [2.24, 2.45) is 5.16 Å². The summed E-state index contributed by atoms with van der Waals surface area (Å²) in [5.74, 6) is -0.972. The number of rotatable bonds is 4. The SMILES string of the molecule is COC(=O)/C(=N\OC1(C)CCCC1)c1ccc(F)cc1. The predicted molar refractivity (Wildman–Crippen MR) is 72.9 cm³/mol. The molecule has 108 valence electrons. The molecule has 0 saturated heterocycles. The third-order valence-electron chi connectivity index (χ3n) is 3.51. The van der Waals surface area contributed by atoms with Crippen molar-refractivity contribution >= 4 is 11.7 Å². The molecule has 5 heteroatoms. The van der Waals surface area contributed by atoms with Gasteiger partial charge >= 0.3 is 5.97 Å². The zero-order chi connectivity index (χ0) is 14.6. The number of oxime groups is 1. The Morgan fingerprint density at radius 3 is 2.40 bits per heavy atom. The van der Waals surface area contributed by atoms with Gasteiger partial charge in [-0.1, -0.05) is 5.16 Å². The first-order valence-corrected chi connectivity index (χ1v) is 6.64. The van der Waals surface area contributed by atoms with E-state index < -0.39 is 5.97 Å². The average molecular weight is 279 g/mol. The van der Waals surface area contributed by atoms with Gasteiger partial charge in [0.2, 0.25) is 0 Å². The maximum atomic E-state index is 12.9. The quantitative estimate of drug-likeness (QED) is 0.483. The molecule has 1 fully saturated rings. The van der Waals surface area contributed by atoms with Crippen molar-refractivity contribution < 1.29 is 18.8 Å². The Morgan fingerprint density at radius 1 is 1.25 bits per heavy atom. The topological polar surface area (TPSA) is 47.9 Å². The molecule has 2 rings (SSSR count). The van der Waals surface area contributed by atoms with E-state index in [2.05, 4.69) is 5.16 Å². The molecule has 0 amide bonds. The molecule has 0 spiro atoms. The van der Waals surface area contributed by atoms with Gasteiger partial charge in [-0.05, 0) is 56.9 Å². The van der Waals surface area contributed by atoms with Crippen molar-refractivity contribution in [3.05, 3.63) is 35.6 Å². The second kappa shape index (κ2) is 6.03. The lowest BCUT2D eigenvalue weighted by Crippen LogP contribution is -2.25. The number of carbonyl (C=O) groups excluding carboxylic acids is 1. The lowest BCUT2D eigenvalue weighted by molar-refractivity contribution is -0.133. The normalized spacial score (nSPS) is 17.9. The number of ether oxygens (including phenoxy) is 1. The van der Waals surface area contributed by atoms with Gasteiger partial charge in [-0.25, -0.2) is 9.18 Å². The van der Waals surface area contributed by atoms with Crippen LogP contribution in [0.15, 0.2) is 29.4 Å². The molecule has 0 atom stereocenters. The van der Waals surface area contributed by atoms with Gasteiger partial charge in [0.1, 0.15) is 11.4 Å². The van der Waals surface area contributed by atoms with Crippen LogP contribution in [0.2, 0.25) is 0 Å². The van der Waals surface area contributed by atoms with Crippen LogP contribution in [0.3, 0.4) is 0 Å². The Bertz CT molecular complexity index is 504. The Kier molecular flexibility index (Phi) is 4.37. The molecule has 1 aromatic rings. The van der Waals surface area contributed by atoms with Crippen LogP contribution in [-0.4, -0.2) is 24.4 Å². The number of halogens is 1. The van der Waals surface area contributed by atoms with E-state index in [0.29, 0.717) is 5.56 Å². The van der Waals surface area contributed by atoms with Crippen LogP contribution < -0.4 is 0 Å². The highest BCUT2D eigenvalue weighted by molar-refractivity contribution is 6.43. The van der Waals surface area contributed by atoms with Crippen molar-refractivity contribution in [3.8, 4) is 0 Å². The maximum Gasteiger partial charge on any atom is 0.360 e. The summed E-state index contributed by atoms with van der Waals surface area (Å²) in [7, 11) is 1.28. The molecule has 0 unspecified atom stereocenters. The Hall–Kier alpha value is -1.91. The summed E-state index contributed by atoms with van der Waals surface area (Å²) in [6.07, 6.45) is 4.01. The van der Waals surface area contributed by atoms with Gasteiger partial charge in [0, 0.05) is 5.56 Å². The zero-order valence-electron chi connectivity index (χ0n) is 11.7. The average Bonchev–Trinajstić information content (AvgIpc) is 2.87. The molecule has 0 aliphatic heterocycles.